The van der Waals surface area contributed by atoms with Crippen LogP contribution < -0.4 is 10.5 Å². The topological polar surface area (TPSA) is 35.2 Å². The summed E-state index contributed by atoms with van der Waals surface area (Å²) in [6, 6.07) is 6.30. The van der Waals surface area contributed by atoms with Gasteiger partial charge in [0.05, 0.1) is 6.61 Å². The number of benzene rings is 1. The third-order valence-corrected chi connectivity index (χ3v) is 2.71. The van der Waals surface area contributed by atoms with E-state index in [1.165, 1.54) is 11.1 Å². The second-order valence-electron chi connectivity index (χ2n) is 4.23. The number of ether oxygens (including phenoxy) is 1. The van der Waals surface area contributed by atoms with Crippen molar-refractivity contribution in [1.82, 2.24) is 0 Å². The highest BCUT2D eigenvalue weighted by Gasteiger charge is 2.14. The molecule has 2 N–H and O–H groups in total. The van der Waals surface area contributed by atoms with Crippen molar-refractivity contribution < 1.29 is 4.74 Å². The highest BCUT2D eigenvalue weighted by molar-refractivity contribution is 5.40. The van der Waals surface area contributed by atoms with Crippen molar-refractivity contribution in [3.63, 3.8) is 0 Å². The predicted octanol–water partition coefficient (Wildman–Crippen LogP) is 2.59. The maximum absolute atomic E-state index is 6.09. The number of nitrogens with two attached hydrogens (primary N) is 1. The first-order chi connectivity index (χ1) is 7.16. The van der Waals surface area contributed by atoms with Gasteiger partial charge in [0.1, 0.15) is 5.75 Å². The van der Waals surface area contributed by atoms with Crippen LogP contribution in [-0.2, 0) is 6.42 Å². The van der Waals surface area contributed by atoms with Crippen LogP contribution in [-0.4, -0.2) is 6.61 Å². The molecule has 1 aromatic rings. The summed E-state index contributed by atoms with van der Waals surface area (Å²) < 4.78 is 5.46. The highest BCUT2D eigenvalue weighted by Crippen LogP contribution is 2.28. The fraction of sp³-hybridized carbons (Fsp3) is 0.385. The molecule has 0 radical (unpaired) electrons. The Morgan fingerprint density at radius 2 is 2.40 bits per heavy atom. The van der Waals surface area contributed by atoms with Crippen molar-refractivity contribution in [3.8, 4) is 5.75 Å². The minimum atomic E-state index is 0.0633. The first kappa shape index (κ1) is 10.2. The molecular weight excluding hydrogens is 186 g/mol. The quantitative estimate of drug-likeness (QED) is 0.766. The summed E-state index contributed by atoms with van der Waals surface area (Å²) in [6.07, 6.45) is 1.85. The van der Waals surface area contributed by atoms with Crippen molar-refractivity contribution >= 4 is 0 Å². The molecule has 15 heavy (non-hydrogen) atoms. The predicted molar refractivity (Wildman–Crippen MR) is 62.0 cm³/mol. The normalized spacial score (nSPS) is 15.6. The summed E-state index contributed by atoms with van der Waals surface area (Å²) >= 11 is 0. The second-order valence-corrected chi connectivity index (χ2v) is 4.23. The number of rotatable bonds is 3. The molecule has 1 aliphatic rings. The lowest BCUT2D eigenvalue weighted by Gasteiger charge is -2.12. The van der Waals surface area contributed by atoms with E-state index in [0.717, 1.165) is 30.8 Å². The van der Waals surface area contributed by atoms with Gasteiger partial charge in [-0.2, -0.15) is 0 Å². The van der Waals surface area contributed by atoms with E-state index < -0.39 is 0 Å². The first-order valence-corrected chi connectivity index (χ1v) is 5.32. The van der Waals surface area contributed by atoms with Crippen molar-refractivity contribution in [2.45, 2.75) is 25.8 Å². The molecule has 0 spiro atoms. The third-order valence-electron chi connectivity index (χ3n) is 2.71. The van der Waals surface area contributed by atoms with Crippen LogP contribution in [0.5, 0.6) is 5.75 Å². The van der Waals surface area contributed by atoms with E-state index in [0.29, 0.717) is 0 Å². The van der Waals surface area contributed by atoms with Crippen LogP contribution in [0, 0.1) is 0 Å². The van der Waals surface area contributed by atoms with Crippen LogP contribution in [0.25, 0.3) is 0 Å². The molecule has 1 aliphatic heterocycles. The van der Waals surface area contributed by atoms with Gasteiger partial charge in [-0.15, -0.1) is 6.58 Å². The maximum atomic E-state index is 6.09. The van der Waals surface area contributed by atoms with Gasteiger partial charge in [-0.3, -0.25) is 0 Å². The van der Waals surface area contributed by atoms with E-state index in [1.807, 2.05) is 13.0 Å². The Morgan fingerprint density at radius 3 is 3.13 bits per heavy atom. The molecule has 0 aliphatic carbocycles. The molecule has 0 amide bonds. The van der Waals surface area contributed by atoms with Crippen molar-refractivity contribution in [1.29, 1.82) is 0 Å². The van der Waals surface area contributed by atoms with Crippen LogP contribution in [0.3, 0.4) is 0 Å². The zero-order valence-electron chi connectivity index (χ0n) is 9.12. The lowest BCUT2D eigenvalue weighted by molar-refractivity contribution is 0.357. The summed E-state index contributed by atoms with van der Waals surface area (Å²) in [5, 5.41) is 0. The molecular formula is C13H17NO. The summed E-state index contributed by atoms with van der Waals surface area (Å²) in [5.41, 5.74) is 9.68. The van der Waals surface area contributed by atoms with E-state index in [4.69, 9.17) is 10.5 Å². The zero-order chi connectivity index (χ0) is 10.8. The Morgan fingerprint density at radius 1 is 1.60 bits per heavy atom. The Balaban J connectivity index is 2.19. The SMILES string of the molecule is C=C(C)C[C@@H](N)c1ccc2c(c1)CCO2. The molecule has 2 nitrogen and oxygen atoms in total. The maximum Gasteiger partial charge on any atom is 0.122 e. The number of hydrogen-bond donors (Lipinski definition) is 1. The van der Waals surface area contributed by atoms with Gasteiger partial charge in [0.25, 0.3) is 0 Å². The van der Waals surface area contributed by atoms with Crippen LogP contribution in [0.4, 0.5) is 0 Å². The molecule has 2 rings (SSSR count). The van der Waals surface area contributed by atoms with E-state index in [9.17, 15) is 0 Å². The largest absolute Gasteiger partial charge is 0.493 e. The Hall–Kier alpha value is -1.28. The van der Waals surface area contributed by atoms with Gasteiger partial charge in [0, 0.05) is 12.5 Å². The summed E-state index contributed by atoms with van der Waals surface area (Å²) in [6.45, 7) is 6.70. The fourth-order valence-corrected chi connectivity index (χ4v) is 1.93. The molecule has 2 heteroatoms. The number of fused-ring (bicyclic) bond motifs is 1. The average molecular weight is 203 g/mol. The third kappa shape index (κ3) is 2.21. The molecule has 0 fully saturated rings. The van der Waals surface area contributed by atoms with E-state index >= 15 is 0 Å². The summed E-state index contributed by atoms with van der Waals surface area (Å²) in [4.78, 5) is 0. The summed E-state index contributed by atoms with van der Waals surface area (Å²) in [5.74, 6) is 1.02. The van der Waals surface area contributed by atoms with Crippen molar-refractivity contribution in [2.24, 2.45) is 5.73 Å². The second kappa shape index (κ2) is 4.07. The Bertz CT molecular complexity index is 384. The van der Waals surface area contributed by atoms with Gasteiger partial charge in [-0.25, -0.2) is 0 Å². The van der Waals surface area contributed by atoms with Crippen LogP contribution in [0.15, 0.2) is 30.4 Å². The smallest absolute Gasteiger partial charge is 0.122 e. The van der Waals surface area contributed by atoms with Gasteiger partial charge in [-0.05, 0) is 30.5 Å². The molecule has 0 unspecified atom stereocenters. The van der Waals surface area contributed by atoms with Crippen molar-refractivity contribution in [2.75, 3.05) is 6.61 Å². The molecule has 1 atom stereocenters. The highest BCUT2D eigenvalue weighted by atomic mass is 16.5. The minimum Gasteiger partial charge on any atom is -0.493 e. The molecule has 80 valence electrons. The Labute approximate surface area is 90.7 Å². The average Bonchev–Trinajstić information content (AvgIpc) is 2.62. The molecule has 0 aromatic heterocycles. The summed E-state index contributed by atoms with van der Waals surface area (Å²) in [7, 11) is 0. The van der Waals surface area contributed by atoms with Gasteiger partial charge in [0.15, 0.2) is 0 Å². The van der Waals surface area contributed by atoms with Gasteiger partial charge < -0.3 is 10.5 Å². The Kier molecular flexibility index (Phi) is 2.78. The molecule has 0 saturated heterocycles. The zero-order valence-corrected chi connectivity index (χ0v) is 9.12. The number of hydrogen-bond acceptors (Lipinski definition) is 2. The van der Waals surface area contributed by atoms with Gasteiger partial charge in [-0.1, -0.05) is 17.7 Å². The van der Waals surface area contributed by atoms with Crippen LogP contribution in [0.2, 0.25) is 0 Å². The van der Waals surface area contributed by atoms with Gasteiger partial charge >= 0.3 is 0 Å². The van der Waals surface area contributed by atoms with E-state index in [1.54, 1.807) is 0 Å². The van der Waals surface area contributed by atoms with Crippen LogP contribution in [0.1, 0.15) is 30.5 Å². The lowest BCUT2D eigenvalue weighted by Crippen LogP contribution is -2.10. The lowest BCUT2D eigenvalue weighted by atomic mass is 9.98. The van der Waals surface area contributed by atoms with Crippen molar-refractivity contribution in [3.05, 3.63) is 41.5 Å². The fourth-order valence-electron chi connectivity index (χ4n) is 1.93. The standard InChI is InChI=1S/C13H17NO/c1-9(2)7-12(14)10-3-4-13-11(8-10)5-6-15-13/h3-4,8,12H,1,5-7,14H2,2H3/t12-/m1/s1. The van der Waals surface area contributed by atoms with Crippen LogP contribution >= 0.6 is 0 Å². The minimum absolute atomic E-state index is 0.0633. The van der Waals surface area contributed by atoms with E-state index in [-0.39, 0.29) is 6.04 Å². The van der Waals surface area contributed by atoms with Gasteiger partial charge in [0.2, 0.25) is 0 Å². The van der Waals surface area contributed by atoms with E-state index in [2.05, 4.69) is 18.7 Å². The first-order valence-electron chi connectivity index (χ1n) is 5.32. The molecule has 0 saturated carbocycles. The molecule has 1 aromatic carbocycles. The monoisotopic (exact) mass is 203 g/mol. The molecule has 1 heterocycles. The molecule has 0 bridgehead atoms.